The average molecular weight is 252 g/mol. The molecule has 1 unspecified atom stereocenters. The van der Waals surface area contributed by atoms with Gasteiger partial charge >= 0.3 is 0 Å². The summed E-state index contributed by atoms with van der Waals surface area (Å²) < 4.78 is 13.3. The standard InChI is InChI=1S/C15H25FN2/c1-10(2)8-11(3)18(5)15-7-6-13(16)9-14(15)12(4)17/h6-7,9-12H,8,17H2,1-5H3/t11?,12-/m0/s1. The average Bonchev–Trinajstić information content (AvgIpc) is 2.26. The quantitative estimate of drug-likeness (QED) is 0.865. The van der Waals surface area contributed by atoms with Crippen LogP contribution >= 0.6 is 0 Å². The molecule has 2 nitrogen and oxygen atoms in total. The maximum absolute atomic E-state index is 13.3. The third kappa shape index (κ3) is 3.70. The van der Waals surface area contributed by atoms with Gasteiger partial charge in [-0.2, -0.15) is 0 Å². The van der Waals surface area contributed by atoms with E-state index in [-0.39, 0.29) is 11.9 Å². The number of hydrogen-bond donors (Lipinski definition) is 1. The van der Waals surface area contributed by atoms with Crippen molar-refractivity contribution in [2.45, 2.75) is 46.2 Å². The Balaban J connectivity index is 3.01. The van der Waals surface area contributed by atoms with E-state index in [1.807, 2.05) is 20.0 Å². The predicted octanol–water partition coefficient (Wildman–Crippen LogP) is 3.72. The highest BCUT2D eigenvalue weighted by Gasteiger charge is 2.17. The minimum absolute atomic E-state index is 0.163. The first kappa shape index (κ1) is 15.0. The fraction of sp³-hybridized carbons (Fsp3) is 0.600. The number of halogens is 1. The molecule has 0 heterocycles. The van der Waals surface area contributed by atoms with Gasteiger partial charge in [0.2, 0.25) is 0 Å². The third-order valence-corrected chi connectivity index (χ3v) is 3.33. The van der Waals surface area contributed by atoms with E-state index in [0.717, 1.165) is 17.7 Å². The number of anilines is 1. The van der Waals surface area contributed by atoms with Crippen molar-refractivity contribution in [2.75, 3.05) is 11.9 Å². The van der Waals surface area contributed by atoms with Crippen LogP contribution in [0.2, 0.25) is 0 Å². The number of benzene rings is 1. The summed E-state index contributed by atoms with van der Waals surface area (Å²) in [5, 5.41) is 0. The summed E-state index contributed by atoms with van der Waals surface area (Å²) in [7, 11) is 2.05. The molecule has 1 aromatic rings. The number of nitrogens with two attached hydrogens (primary N) is 1. The molecule has 0 aliphatic carbocycles. The topological polar surface area (TPSA) is 29.3 Å². The van der Waals surface area contributed by atoms with Crippen LogP contribution in [0, 0.1) is 11.7 Å². The molecule has 0 saturated carbocycles. The third-order valence-electron chi connectivity index (χ3n) is 3.33. The van der Waals surface area contributed by atoms with Gasteiger partial charge in [0.25, 0.3) is 0 Å². The van der Waals surface area contributed by atoms with Crippen molar-refractivity contribution in [3.8, 4) is 0 Å². The minimum atomic E-state index is -0.226. The van der Waals surface area contributed by atoms with Gasteiger partial charge in [-0.05, 0) is 49.9 Å². The zero-order chi connectivity index (χ0) is 13.9. The van der Waals surface area contributed by atoms with Gasteiger partial charge in [-0.1, -0.05) is 13.8 Å². The molecular weight excluding hydrogens is 227 g/mol. The van der Waals surface area contributed by atoms with Crippen LogP contribution in [0.1, 0.15) is 45.7 Å². The summed E-state index contributed by atoms with van der Waals surface area (Å²) >= 11 is 0. The Morgan fingerprint density at radius 1 is 1.22 bits per heavy atom. The second-order valence-electron chi connectivity index (χ2n) is 5.58. The molecular formula is C15H25FN2. The highest BCUT2D eigenvalue weighted by molar-refractivity contribution is 5.55. The lowest BCUT2D eigenvalue weighted by molar-refractivity contribution is 0.502. The lowest BCUT2D eigenvalue weighted by atomic mass is 10.0. The molecule has 0 amide bonds. The highest BCUT2D eigenvalue weighted by Crippen LogP contribution is 2.28. The number of hydrogen-bond acceptors (Lipinski definition) is 2. The maximum Gasteiger partial charge on any atom is 0.123 e. The molecule has 3 heteroatoms. The molecule has 0 fully saturated rings. The molecule has 0 aliphatic heterocycles. The van der Waals surface area contributed by atoms with Gasteiger partial charge in [-0.25, -0.2) is 4.39 Å². The fourth-order valence-electron chi connectivity index (χ4n) is 2.29. The van der Waals surface area contributed by atoms with Crippen LogP contribution in [0.15, 0.2) is 18.2 Å². The second-order valence-corrected chi connectivity index (χ2v) is 5.58. The molecule has 0 spiro atoms. The molecule has 0 bridgehead atoms. The zero-order valence-corrected chi connectivity index (χ0v) is 12.1. The Morgan fingerprint density at radius 2 is 1.83 bits per heavy atom. The molecule has 0 saturated heterocycles. The van der Waals surface area contributed by atoms with Crippen molar-refractivity contribution in [3.05, 3.63) is 29.6 Å². The Morgan fingerprint density at radius 3 is 2.33 bits per heavy atom. The van der Waals surface area contributed by atoms with Gasteiger partial charge in [0.15, 0.2) is 0 Å². The number of nitrogens with zero attached hydrogens (tertiary/aromatic N) is 1. The van der Waals surface area contributed by atoms with Crippen molar-refractivity contribution in [1.82, 2.24) is 0 Å². The van der Waals surface area contributed by atoms with E-state index in [1.54, 1.807) is 6.07 Å². The SMILES string of the molecule is CC(C)CC(C)N(C)c1ccc(F)cc1[C@H](C)N. The van der Waals surface area contributed by atoms with Crippen LogP contribution in [0.25, 0.3) is 0 Å². The van der Waals surface area contributed by atoms with Gasteiger partial charge in [0, 0.05) is 24.8 Å². The van der Waals surface area contributed by atoms with Gasteiger partial charge in [0.1, 0.15) is 5.82 Å². The molecule has 1 aromatic carbocycles. The van der Waals surface area contributed by atoms with Gasteiger partial charge < -0.3 is 10.6 Å². The second kappa shape index (κ2) is 6.19. The van der Waals surface area contributed by atoms with Gasteiger partial charge in [-0.15, -0.1) is 0 Å². The summed E-state index contributed by atoms with van der Waals surface area (Å²) in [6, 6.07) is 5.11. The first-order chi connectivity index (χ1) is 8.32. The molecule has 2 N–H and O–H groups in total. The predicted molar refractivity (Wildman–Crippen MR) is 76.3 cm³/mol. The maximum atomic E-state index is 13.3. The molecule has 18 heavy (non-hydrogen) atoms. The van der Waals surface area contributed by atoms with Gasteiger partial charge in [-0.3, -0.25) is 0 Å². The Bertz CT molecular complexity index is 388. The summed E-state index contributed by atoms with van der Waals surface area (Å²) in [5.74, 6) is 0.414. The summed E-state index contributed by atoms with van der Waals surface area (Å²) in [5.41, 5.74) is 7.83. The smallest absolute Gasteiger partial charge is 0.123 e. The van der Waals surface area contributed by atoms with E-state index in [0.29, 0.717) is 12.0 Å². The monoisotopic (exact) mass is 252 g/mol. The fourth-order valence-corrected chi connectivity index (χ4v) is 2.29. The van der Waals surface area contributed by atoms with E-state index in [4.69, 9.17) is 5.73 Å². The first-order valence-corrected chi connectivity index (χ1v) is 6.60. The van der Waals surface area contributed by atoms with E-state index < -0.39 is 0 Å². The van der Waals surface area contributed by atoms with Crippen molar-refractivity contribution in [2.24, 2.45) is 11.7 Å². The Kier molecular flexibility index (Phi) is 5.15. The summed E-state index contributed by atoms with van der Waals surface area (Å²) in [4.78, 5) is 2.19. The van der Waals surface area contributed by atoms with E-state index >= 15 is 0 Å². The van der Waals surface area contributed by atoms with Crippen LogP contribution in [-0.4, -0.2) is 13.1 Å². The van der Waals surface area contributed by atoms with E-state index in [9.17, 15) is 4.39 Å². The Hall–Kier alpha value is -1.09. The molecule has 102 valence electrons. The van der Waals surface area contributed by atoms with Crippen LogP contribution in [0.4, 0.5) is 10.1 Å². The molecule has 0 aromatic heterocycles. The summed E-state index contributed by atoms with van der Waals surface area (Å²) in [6.07, 6.45) is 1.10. The van der Waals surface area contributed by atoms with Crippen molar-refractivity contribution in [3.63, 3.8) is 0 Å². The number of rotatable bonds is 5. The zero-order valence-electron chi connectivity index (χ0n) is 12.1. The lowest BCUT2D eigenvalue weighted by Crippen LogP contribution is -2.31. The summed E-state index contributed by atoms with van der Waals surface area (Å²) in [6.45, 7) is 8.50. The van der Waals surface area contributed by atoms with Crippen LogP contribution in [0.5, 0.6) is 0 Å². The largest absolute Gasteiger partial charge is 0.372 e. The van der Waals surface area contributed by atoms with Crippen molar-refractivity contribution >= 4 is 5.69 Å². The molecule has 2 atom stereocenters. The van der Waals surface area contributed by atoms with E-state index in [2.05, 4.69) is 25.7 Å². The first-order valence-electron chi connectivity index (χ1n) is 6.60. The van der Waals surface area contributed by atoms with Crippen LogP contribution in [0.3, 0.4) is 0 Å². The van der Waals surface area contributed by atoms with Crippen LogP contribution < -0.4 is 10.6 Å². The van der Waals surface area contributed by atoms with E-state index in [1.165, 1.54) is 6.07 Å². The Labute approximate surface area is 110 Å². The highest BCUT2D eigenvalue weighted by atomic mass is 19.1. The molecule has 1 rings (SSSR count). The van der Waals surface area contributed by atoms with Crippen molar-refractivity contribution < 1.29 is 4.39 Å². The molecule has 0 aliphatic rings. The normalized spacial score (nSPS) is 14.7. The van der Waals surface area contributed by atoms with Crippen LogP contribution in [-0.2, 0) is 0 Å². The minimum Gasteiger partial charge on any atom is -0.372 e. The van der Waals surface area contributed by atoms with Crippen molar-refractivity contribution in [1.29, 1.82) is 0 Å². The molecule has 0 radical (unpaired) electrons. The lowest BCUT2D eigenvalue weighted by Gasteiger charge is -2.31. The van der Waals surface area contributed by atoms with Gasteiger partial charge in [0.05, 0.1) is 0 Å².